The molecule has 0 bridgehead atoms. The number of methoxy groups -OCH3 is 1. The summed E-state index contributed by atoms with van der Waals surface area (Å²) in [5, 5.41) is 19.3. The molecule has 3 aromatic rings. The van der Waals surface area contributed by atoms with Crippen molar-refractivity contribution in [2.45, 2.75) is 20.8 Å². The van der Waals surface area contributed by atoms with Gasteiger partial charge in [0.25, 0.3) is 0 Å². The number of benzene rings is 1. The zero-order chi connectivity index (χ0) is 22.3. The Hall–Kier alpha value is -4.29. The molecule has 0 fully saturated rings. The van der Waals surface area contributed by atoms with Crippen LogP contribution in [0, 0.1) is 36.5 Å². The molecule has 1 aliphatic rings. The molecule has 0 spiro atoms. The van der Waals surface area contributed by atoms with Crippen molar-refractivity contribution in [3.63, 3.8) is 0 Å². The summed E-state index contributed by atoms with van der Waals surface area (Å²) in [6, 6.07) is 16.3. The Morgan fingerprint density at radius 3 is 2.35 bits per heavy atom. The quantitative estimate of drug-likeness (QED) is 0.672. The SMILES string of the molecule is COc1ccc(-n2c(C)ccc2/C=C2/C(C)=C(C#N)c3nc(N)c(C#N)c(C)c32)cc1. The lowest BCUT2D eigenvalue weighted by Crippen LogP contribution is -2.04. The van der Waals surface area contributed by atoms with E-state index in [4.69, 9.17) is 10.5 Å². The fraction of sp³-hybridized carbons (Fsp3) is 0.160. The monoisotopic (exact) mass is 407 g/mol. The number of nitrogen functional groups attached to an aromatic ring is 1. The molecule has 2 N–H and O–H groups in total. The lowest BCUT2D eigenvalue weighted by Gasteiger charge is -2.13. The zero-order valence-electron chi connectivity index (χ0n) is 17.8. The molecular formula is C25H21N5O. The van der Waals surface area contributed by atoms with E-state index in [0.29, 0.717) is 16.8 Å². The number of aromatic nitrogens is 2. The Labute approximate surface area is 181 Å². The van der Waals surface area contributed by atoms with Crippen LogP contribution in [-0.4, -0.2) is 16.7 Å². The van der Waals surface area contributed by atoms with E-state index in [-0.39, 0.29) is 5.82 Å². The summed E-state index contributed by atoms with van der Waals surface area (Å²) in [5.41, 5.74) is 13.6. The Balaban J connectivity index is 1.95. The van der Waals surface area contributed by atoms with Crippen molar-refractivity contribution in [3.05, 3.63) is 75.7 Å². The minimum absolute atomic E-state index is 0.151. The molecule has 152 valence electrons. The molecule has 1 aliphatic carbocycles. The molecule has 6 heteroatoms. The van der Waals surface area contributed by atoms with E-state index in [1.807, 2.05) is 63.2 Å². The van der Waals surface area contributed by atoms with Crippen molar-refractivity contribution in [1.29, 1.82) is 10.5 Å². The normalized spacial score (nSPS) is 13.8. The summed E-state index contributed by atoms with van der Waals surface area (Å²) < 4.78 is 7.41. The highest BCUT2D eigenvalue weighted by atomic mass is 16.5. The number of hydrogen-bond acceptors (Lipinski definition) is 5. The van der Waals surface area contributed by atoms with Gasteiger partial charge in [-0.1, -0.05) is 0 Å². The third-order valence-corrected chi connectivity index (χ3v) is 5.71. The Bertz CT molecular complexity index is 1360. The molecule has 4 rings (SSSR count). The predicted molar refractivity (Wildman–Crippen MR) is 121 cm³/mol. The third kappa shape index (κ3) is 3.06. The highest BCUT2D eigenvalue weighted by Gasteiger charge is 2.30. The van der Waals surface area contributed by atoms with Gasteiger partial charge in [-0.3, -0.25) is 0 Å². The van der Waals surface area contributed by atoms with Gasteiger partial charge >= 0.3 is 0 Å². The van der Waals surface area contributed by atoms with Crippen LogP contribution in [0.2, 0.25) is 0 Å². The van der Waals surface area contributed by atoms with E-state index in [1.165, 1.54) is 0 Å². The van der Waals surface area contributed by atoms with E-state index in [2.05, 4.69) is 21.7 Å². The molecule has 0 atom stereocenters. The molecule has 0 unspecified atom stereocenters. The number of hydrogen-bond donors (Lipinski definition) is 1. The number of rotatable bonds is 3. The van der Waals surface area contributed by atoms with Gasteiger partial charge in [0, 0.05) is 22.6 Å². The van der Waals surface area contributed by atoms with Gasteiger partial charge in [0.1, 0.15) is 23.7 Å². The number of pyridine rings is 1. The smallest absolute Gasteiger partial charge is 0.142 e. The van der Waals surface area contributed by atoms with Gasteiger partial charge in [0.15, 0.2) is 0 Å². The number of ether oxygens (including phenoxy) is 1. The summed E-state index contributed by atoms with van der Waals surface area (Å²) in [7, 11) is 1.64. The number of nitriles is 2. The fourth-order valence-corrected chi connectivity index (χ4v) is 4.10. The maximum Gasteiger partial charge on any atom is 0.142 e. The number of anilines is 1. The van der Waals surface area contributed by atoms with E-state index >= 15 is 0 Å². The van der Waals surface area contributed by atoms with Crippen LogP contribution < -0.4 is 10.5 Å². The highest BCUT2D eigenvalue weighted by molar-refractivity contribution is 6.08. The Morgan fingerprint density at radius 1 is 1.03 bits per heavy atom. The van der Waals surface area contributed by atoms with Gasteiger partial charge in [-0.15, -0.1) is 0 Å². The summed E-state index contributed by atoms with van der Waals surface area (Å²) in [4.78, 5) is 4.40. The first-order chi connectivity index (χ1) is 14.9. The standard InChI is InChI=1S/C25H21N5O/c1-14-5-6-18(30(14)17-7-9-19(31-4)10-8-17)11-20-15(2)21(12-26)24-23(20)16(3)22(13-27)25(28)29-24/h5-11H,1-4H3,(H2,28,29)/b20-11-. The number of fused-ring (bicyclic) bond motifs is 1. The molecule has 0 aliphatic heterocycles. The second-order valence-electron chi connectivity index (χ2n) is 7.44. The largest absolute Gasteiger partial charge is 0.497 e. The molecule has 0 saturated heterocycles. The number of nitrogens with two attached hydrogens (primary N) is 1. The van der Waals surface area contributed by atoms with E-state index in [1.54, 1.807) is 7.11 Å². The summed E-state index contributed by atoms with van der Waals surface area (Å²) in [6.07, 6.45) is 2.04. The zero-order valence-corrected chi connectivity index (χ0v) is 17.8. The molecule has 2 aromatic heterocycles. The number of nitrogens with zero attached hydrogens (tertiary/aromatic N) is 4. The van der Waals surface area contributed by atoms with E-state index < -0.39 is 0 Å². The van der Waals surface area contributed by atoms with Crippen LogP contribution in [0.15, 0.2) is 42.0 Å². The van der Waals surface area contributed by atoms with Crippen molar-refractivity contribution >= 4 is 23.0 Å². The topological polar surface area (TPSA) is 101 Å². The van der Waals surface area contributed by atoms with Crippen molar-refractivity contribution in [2.24, 2.45) is 0 Å². The Morgan fingerprint density at radius 2 is 1.74 bits per heavy atom. The molecule has 6 nitrogen and oxygen atoms in total. The fourth-order valence-electron chi connectivity index (χ4n) is 4.10. The van der Waals surface area contributed by atoms with Crippen LogP contribution in [0.4, 0.5) is 5.82 Å². The van der Waals surface area contributed by atoms with Gasteiger partial charge in [-0.05, 0) is 80.0 Å². The lowest BCUT2D eigenvalue weighted by molar-refractivity contribution is 0.414. The van der Waals surface area contributed by atoms with Gasteiger partial charge in [0.2, 0.25) is 0 Å². The maximum atomic E-state index is 9.76. The van der Waals surface area contributed by atoms with Gasteiger partial charge < -0.3 is 15.0 Å². The van der Waals surface area contributed by atoms with Crippen LogP contribution in [0.25, 0.3) is 22.9 Å². The second kappa shape index (κ2) is 7.51. The maximum absolute atomic E-state index is 9.76. The van der Waals surface area contributed by atoms with Gasteiger partial charge in [-0.2, -0.15) is 10.5 Å². The third-order valence-electron chi connectivity index (χ3n) is 5.71. The van der Waals surface area contributed by atoms with E-state index in [0.717, 1.165) is 45.1 Å². The number of aryl methyl sites for hydroxylation is 1. The van der Waals surface area contributed by atoms with Crippen LogP contribution in [0.1, 0.15) is 40.7 Å². The molecule has 0 saturated carbocycles. The average molecular weight is 407 g/mol. The van der Waals surface area contributed by atoms with Crippen LogP contribution in [0.3, 0.4) is 0 Å². The minimum atomic E-state index is 0.151. The average Bonchev–Trinajstić information content (AvgIpc) is 3.25. The molecule has 0 radical (unpaired) electrons. The molecule has 1 aromatic carbocycles. The minimum Gasteiger partial charge on any atom is -0.497 e. The van der Waals surface area contributed by atoms with Crippen molar-refractivity contribution in [2.75, 3.05) is 12.8 Å². The van der Waals surface area contributed by atoms with Crippen molar-refractivity contribution < 1.29 is 4.74 Å². The molecule has 0 amide bonds. The van der Waals surface area contributed by atoms with Crippen LogP contribution in [0.5, 0.6) is 5.75 Å². The summed E-state index contributed by atoms with van der Waals surface area (Å²) in [6.45, 7) is 5.80. The van der Waals surface area contributed by atoms with Gasteiger partial charge in [-0.25, -0.2) is 4.98 Å². The number of allylic oxidation sites excluding steroid dienone is 3. The Kier molecular flexibility index (Phi) is 4.85. The van der Waals surface area contributed by atoms with Crippen molar-refractivity contribution in [3.8, 4) is 23.6 Å². The molecule has 2 heterocycles. The first kappa shape index (κ1) is 20.0. The summed E-state index contributed by atoms with van der Waals surface area (Å²) in [5.74, 6) is 0.942. The molecule has 31 heavy (non-hydrogen) atoms. The van der Waals surface area contributed by atoms with Crippen molar-refractivity contribution in [1.82, 2.24) is 9.55 Å². The van der Waals surface area contributed by atoms with E-state index in [9.17, 15) is 10.5 Å². The highest BCUT2D eigenvalue weighted by Crippen LogP contribution is 2.44. The van der Waals surface area contributed by atoms with Gasteiger partial charge in [0.05, 0.1) is 23.9 Å². The predicted octanol–water partition coefficient (Wildman–Crippen LogP) is 4.80. The summed E-state index contributed by atoms with van der Waals surface area (Å²) >= 11 is 0. The first-order valence-corrected chi connectivity index (χ1v) is 9.78. The van der Waals surface area contributed by atoms with Crippen LogP contribution >= 0.6 is 0 Å². The first-order valence-electron chi connectivity index (χ1n) is 9.78. The second-order valence-corrected chi connectivity index (χ2v) is 7.44. The lowest BCUT2D eigenvalue weighted by atomic mass is 9.96. The molecular weight excluding hydrogens is 386 g/mol. The van der Waals surface area contributed by atoms with Crippen LogP contribution in [-0.2, 0) is 0 Å².